The summed E-state index contributed by atoms with van der Waals surface area (Å²) in [4.78, 5) is 25.0. The molecule has 1 heterocycles. The Kier molecular flexibility index (Phi) is 4.00. The van der Waals surface area contributed by atoms with Crippen LogP contribution in [0.5, 0.6) is 0 Å². The van der Waals surface area contributed by atoms with E-state index >= 15 is 0 Å². The third-order valence-electron chi connectivity index (χ3n) is 4.34. The molecule has 1 aliphatic carbocycles. The van der Waals surface area contributed by atoms with Gasteiger partial charge in [0.1, 0.15) is 0 Å². The van der Waals surface area contributed by atoms with E-state index in [9.17, 15) is 23.1 Å². The Labute approximate surface area is 140 Å². The Balaban J connectivity index is 1.60. The van der Waals surface area contributed by atoms with Crippen LogP contribution in [0.4, 0.5) is 9.59 Å². The summed E-state index contributed by atoms with van der Waals surface area (Å²) in [6, 6.07) is 6.09. The van der Waals surface area contributed by atoms with E-state index in [-0.39, 0.29) is 19.6 Å². The molecule has 0 spiro atoms. The topological polar surface area (TPSA) is 107 Å². The number of carbonyl (C=O) groups is 2. The molecular formula is C15H19N3O5S. The SMILES string of the molecule is CS(=O)(=O)N1CCN(C(=O)NCC2(O)Cc3ccccc3C2)C1=O. The number of amides is 4. The lowest BCUT2D eigenvalue weighted by Crippen LogP contribution is -2.49. The molecule has 1 fully saturated rings. The summed E-state index contributed by atoms with van der Waals surface area (Å²) < 4.78 is 23.6. The lowest BCUT2D eigenvalue weighted by atomic mass is 10.0. The minimum absolute atomic E-state index is 0.00358. The molecule has 9 heteroatoms. The summed E-state index contributed by atoms with van der Waals surface area (Å²) in [5.41, 5.74) is 0.975. The molecule has 2 N–H and O–H groups in total. The summed E-state index contributed by atoms with van der Waals surface area (Å²) in [5, 5.41) is 13.2. The molecule has 0 aromatic heterocycles. The highest BCUT2D eigenvalue weighted by Gasteiger charge is 2.40. The Morgan fingerprint density at radius 1 is 1.25 bits per heavy atom. The van der Waals surface area contributed by atoms with Crippen molar-refractivity contribution >= 4 is 22.1 Å². The number of fused-ring (bicyclic) bond motifs is 1. The Bertz CT molecular complexity index is 767. The molecule has 130 valence electrons. The normalized spacial score (nSPS) is 19.5. The smallest absolute Gasteiger partial charge is 0.341 e. The van der Waals surface area contributed by atoms with Gasteiger partial charge in [0.25, 0.3) is 0 Å². The molecule has 4 amide bonds. The van der Waals surface area contributed by atoms with Crippen LogP contribution in [0.3, 0.4) is 0 Å². The van der Waals surface area contributed by atoms with Crippen LogP contribution < -0.4 is 5.32 Å². The number of hydrogen-bond acceptors (Lipinski definition) is 5. The first-order valence-electron chi connectivity index (χ1n) is 7.56. The molecule has 0 saturated carbocycles. The lowest BCUT2D eigenvalue weighted by molar-refractivity contribution is 0.0525. The zero-order valence-electron chi connectivity index (χ0n) is 13.2. The molecule has 0 bridgehead atoms. The second-order valence-electron chi connectivity index (χ2n) is 6.27. The molecule has 0 radical (unpaired) electrons. The number of nitrogens with one attached hydrogen (secondary N) is 1. The second kappa shape index (κ2) is 5.75. The maximum atomic E-state index is 12.2. The van der Waals surface area contributed by atoms with Gasteiger partial charge in [-0.2, -0.15) is 0 Å². The fourth-order valence-corrected chi connectivity index (χ4v) is 3.94. The van der Waals surface area contributed by atoms with Crippen molar-refractivity contribution in [2.45, 2.75) is 18.4 Å². The predicted molar refractivity (Wildman–Crippen MR) is 85.9 cm³/mol. The van der Waals surface area contributed by atoms with Crippen LogP contribution >= 0.6 is 0 Å². The Morgan fingerprint density at radius 3 is 2.33 bits per heavy atom. The van der Waals surface area contributed by atoms with Gasteiger partial charge in [0, 0.05) is 19.4 Å². The van der Waals surface area contributed by atoms with Gasteiger partial charge in [-0.1, -0.05) is 24.3 Å². The first kappa shape index (κ1) is 16.7. The van der Waals surface area contributed by atoms with Crippen molar-refractivity contribution in [1.82, 2.24) is 14.5 Å². The van der Waals surface area contributed by atoms with Crippen LogP contribution in [-0.4, -0.2) is 66.3 Å². The average Bonchev–Trinajstić information content (AvgIpc) is 3.04. The van der Waals surface area contributed by atoms with Gasteiger partial charge >= 0.3 is 12.1 Å². The molecule has 24 heavy (non-hydrogen) atoms. The first-order chi connectivity index (χ1) is 11.2. The summed E-state index contributed by atoms with van der Waals surface area (Å²) in [6.45, 7) is -0.0691. The predicted octanol–water partition coefficient (Wildman–Crippen LogP) is -0.0769. The quantitative estimate of drug-likeness (QED) is 0.791. The minimum Gasteiger partial charge on any atom is -0.387 e. The van der Waals surface area contributed by atoms with Gasteiger partial charge < -0.3 is 10.4 Å². The van der Waals surface area contributed by atoms with Crippen molar-refractivity contribution in [2.24, 2.45) is 0 Å². The third kappa shape index (κ3) is 3.09. The van der Waals surface area contributed by atoms with Gasteiger partial charge in [0.15, 0.2) is 0 Å². The maximum Gasteiger partial charge on any atom is 0.341 e. The zero-order chi connectivity index (χ0) is 17.5. The minimum atomic E-state index is -3.68. The number of sulfonamides is 1. The Hall–Kier alpha value is -2.13. The molecule has 1 saturated heterocycles. The number of benzene rings is 1. The fraction of sp³-hybridized carbons (Fsp3) is 0.467. The van der Waals surface area contributed by atoms with E-state index < -0.39 is 27.7 Å². The van der Waals surface area contributed by atoms with Crippen LogP contribution in [0, 0.1) is 0 Å². The van der Waals surface area contributed by atoms with Crippen LogP contribution in [0.2, 0.25) is 0 Å². The fourth-order valence-electron chi connectivity index (χ4n) is 3.15. The summed E-state index contributed by atoms with van der Waals surface area (Å²) in [5.74, 6) is 0. The number of carbonyl (C=O) groups excluding carboxylic acids is 2. The van der Waals surface area contributed by atoms with Crippen molar-refractivity contribution in [3.63, 3.8) is 0 Å². The van der Waals surface area contributed by atoms with Crippen LogP contribution in [0.1, 0.15) is 11.1 Å². The van der Waals surface area contributed by atoms with E-state index in [0.717, 1.165) is 22.3 Å². The summed E-state index contributed by atoms with van der Waals surface area (Å²) in [6.07, 6.45) is 1.77. The first-order valence-corrected chi connectivity index (χ1v) is 9.41. The van der Waals surface area contributed by atoms with Gasteiger partial charge in [-0.05, 0) is 11.1 Å². The zero-order valence-corrected chi connectivity index (χ0v) is 14.0. The van der Waals surface area contributed by atoms with E-state index in [1.54, 1.807) is 0 Å². The van der Waals surface area contributed by atoms with Crippen molar-refractivity contribution in [2.75, 3.05) is 25.9 Å². The lowest BCUT2D eigenvalue weighted by Gasteiger charge is -2.24. The number of imide groups is 1. The highest BCUT2D eigenvalue weighted by Crippen LogP contribution is 2.29. The van der Waals surface area contributed by atoms with Gasteiger partial charge in [-0.25, -0.2) is 27.2 Å². The number of aliphatic hydroxyl groups is 1. The van der Waals surface area contributed by atoms with E-state index in [2.05, 4.69) is 5.32 Å². The van der Waals surface area contributed by atoms with Crippen molar-refractivity contribution < 1.29 is 23.1 Å². The maximum absolute atomic E-state index is 12.2. The van der Waals surface area contributed by atoms with Crippen LogP contribution in [-0.2, 0) is 22.9 Å². The number of urea groups is 2. The molecule has 1 aliphatic heterocycles. The molecule has 1 aromatic carbocycles. The molecule has 8 nitrogen and oxygen atoms in total. The molecule has 0 unspecified atom stereocenters. The highest BCUT2D eigenvalue weighted by atomic mass is 32.2. The molecule has 3 rings (SSSR count). The molecule has 1 aromatic rings. The monoisotopic (exact) mass is 353 g/mol. The van der Waals surface area contributed by atoms with Crippen molar-refractivity contribution in [3.8, 4) is 0 Å². The molecule has 0 atom stereocenters. The van der Waals surface area contributed by atoms with Gasteiger partial charge in [-0.15, -0.1) is 0 Å². The highest BCUT2D eigenvalue weighted by molar-refractivity contribution is 7.88. The van der Waals surface area contributed by atoms with E-state index in [1.165, 1.54) is 0 Å². The van der Waals surface area contributed by atoms with Gasteiger partial charge in [0.05, 0.1) is 24.9 Å². The van der Waals surface area contributed by atoms with Crippen LogP contribution in [0.25, 0.3) is 0 Å². The van der Waals surface area contributed by atoms with Crippen molar-refractivity contribution in [3.05, 3.63) is 35.4 Å². The average molecular weight is 353 g/mol. The van der Waals surface area contributed by atoms with Gasteiger partial charge in [-0.3, -0.25) is 0 Å². The van der Waals surface area contributed by atoms with Crippen molar-refractivity contribution in [1.29, 1.82) is 0 Å². The van der Waals surface area contributed by atoms with Crippen LogP contribution in [0.15, 0.2) is 24.3 Å². The van der Waals surface area contributed by atoms with Gasteiger partial charge in [0.2, 0.25) is 10.0 Å². The van der Waals surface area contributed by atoms with E-state index in [1.807, 2.05) is 24.3 Å². The molecule has 2 aliphatic rings. The molecular weight excluding hydrogens is 334 g/mol. The third-order valence-corrected chi connectivity index (χ3v) is 5.48. The summed E-state index contributed by atoms with van der Waals surface area (Å²) in [7, 11) is -3.68. The standard InChI is InChI=1S/C15H19N3O5S/c1-24(22,23)18-7-6-17(14(18)20)13(19)16-10-15(21)8-11-4-2-3-5-12(11)9-15/h2-5,21H,6-10H2,1H3,(H,16,19). The largest absolute Gasteiger partial charge is 0.387 e. The second-order valence-corrected chi connectivity index (χ2v) is 8.18. The summed E-state index contributed by atoms with van der Waals surface area (Å²) >= 11 is 0. The van der Waals surface area contributed by atoms with E-state index in [0.29, 0.717) is 17.1 Å². The number of rotatable bonds is 3. The number of hydrogen-bond donors (Lipinski definition) is 2. The number of nitrogens with zero attached hydrogens (tertiary/aromatic N) is 2. The Morgan fingerprint density at radius 2 is 1.83 bits per heavy atom. The van der Waals surface area contributed by atoms with E-state index in [4.69, 9.17) is 0 Å².